The topological polar surface area (TPSA) is 96.6 Å². The van der Waals surface area contributed by atoms with Gasteiger partial charge in [0.15, 0.2) is 0 Å². The molecule has 2 aliphatic heterocycles. The minimum atomic E-state index is -3.89. The summed E-state index contributed by atoms with van der Waals surface area (Å²) in [5.74, 6) is 0. The molecule has 190 valence electrons. The third-order valence-electron chi connectivity index (χ3n) is 7.62. The number of pyridine rings is 1. The third-order valence-corrected chi connectivity index (χ3v) is 9.39. The molecular formula is C27H32N4O4S. The van der Waals surface area contributed by atoms with E-state index in [9.17, 15) is 18.5 Å². The molecule has 0 radical (unpaired) electrons. The number of aryl methyl sites for hydroxylation is 1. The lowest BCUT2D eigenvalue weighted by Crippen LogP contribution is -2.47. The van der Waals surface area contributed by atoms with Crippen LogP contribution in [-0.4, -0.2) is 55.4 Å². The van der Waals surface area contributed by atoms with Crippen molar-refractivity contribution in [1.29, 1.82) is 0 Å². The molecule has 8 nitrogen and oxygen atoms in total. The number of hydrogen-bond donors (Lipinski definition) is 0. The monoisotopic (exact) mass is 508 g/mol. The lowest BCUT2D eigenvalue weighted by Gasteiger charge is -2.41. The first-order valence-corrected chi connectivity index (χ1v) is 14.3. The Hall–Kier alpha value is -3.04. The Bertz CT molecular complexity index is 1360. The Morgan fingerprint density at radius 2 is 1.69 bits per heavy atom. The summed E-state index contributed by atoms with van der Waals surface area (Å²) in [4.78, 5) is 20.5. The summed E-state index contributed by atoms with van der Waals surface area (Å²) >= 11 is 0. The van der Waals surface area contributed by atoms with Crippen molar-refractivity contribution in [2.75, 3.05) is 31.1 Å². The number of likely N-dealkylation sites (tertiary alicyclic amines) is 1. The highest BCUT2D eigenvalue weighted by molar-refractivity contribution is 7.91. The molecule has 3 heterocycles. The largest absolute Gasteiger partial charge is 0.370 e. The van der Waals surface area contributed by atoms with Crippen molar-refractivity contribution in [3.05, 3.63) is 64.3 Å². The van der Waals surface area contributed by atoms with Gasteiger partial charge in [-0.25, -0.2) is 8.42 Å². The molecule has 3 aromatic rings. The van der Waals surface area contributed by atoms with Crippen LogP contribution in [0.4, 0.5) is 11.4 Å². The van der Waals surface area contributed by atoms with Crippen LogP contribution in [0.2, 0.25) is 0 Å². The van der Waals surface area contributed by atoms with E-state index in [2.05, 4.69) is 14.8 Å². The summed E-state index contributed by atoms with van der Waals surface area (Å²) in [6.45, 7) is 5.67. The molecular weight excluding hydrogens is 476 g/mol. The van der Waals surface area contributed by atoms with E-state index >= 15 is 0 Å². The van der Waals surface area contributed by atoms with Gasteiger partial charge in [0.25, 0.3) is 5.69 Å². The van der Waals surface area contributed by atoms with Gasteiger partial charge >= 0.3 is 0 Å². The van der Waals surface area contributed by atoms with Crippen molar-refractivity contribution in [3.63, 3.8) is 0 Å². The SMILES string of the molecule is CCc1ccc(S(=O)(=O)c2cnc3ccc([N+](=O)[O-])cc3c2N2CCC(N3CCCCC3)CC2)cc1. The van der Waals surface area contributed by atoms with E-state index in [1.54, 1.807) is 18.2 Å². The Morgan fingerprint density at radius 3 is 2.33 bits per heavy atom. The third kappa shape index (κ3) is 4.69. The molecule has 5 rings (SSSR count). The molecule has 2 saturated heterocycles. The molecule has 0 amide bonds. The van der Waals surface area contributed by atoms with Crippen LogP contribution in [0.15, 0.2) is 58.5 Å². The average Bonchev–Trinajstić information content (AvgIpc) is 2.92. The van der Waals surface area contributed by atoms with Gasteiger partial charge in [0, 0.05) is 42.8 Å². The predicted octanol–water partition coefficient (Wildman–Crippen LogP) is 4.99. The second-order valence-electron chi connectivity index (χ2n) is 9.75. The first-order valence-electron chi connectivity index (χ1n) is 12.8. The van der Waals surface area contributed by atoms with E-state index in [4.69, 9.17) is 0 Å². The number of anilines is 1. The van der Waals surface area contributed by atoms with E-state index in [0.29, 0.717) is 35.7 Å². The molecule has 2 aliphatic rings. The van der Waals surface area contributed by atoms with E-state index in [1.807, 2.05) is 19.1 Å². The van der Waals surface area contributed by atoms with Crippen molar-refractivity contribution in [2.45, 2.75) is 61.3 Å². The van der Waals surface area contributed by atoms with E-state index in [1.165, 1.54) is 37.6 Å². The molecule has 0 unspecified atom stereocenters. The van der Waals surface area contributed by atoms with Crippen molar-refractivity contribution in [3.8, 4) is 0 Å². The fourth-order valence-electron chi connectivity index (χ4n) is 5.55. The van der Waals surface area contributed by atoms with Crippen LogP contribution in [0.3, 0.4) is 0 Å². The number of hydrogen-bond acceptors (Lipinski definition) is 7. The highest BCUT2D eigenvalue weighted by Gasteiger charge is 2.31. The average molecular weight is 509 g/mol. The van der Waals surface area contributed by atoms with Gasteiger partial charge in [-0.05, 0) is 69.0 Å². The lowest BCUT2D eigenvalue weighted by atomic mass is 9.99. The molecule has 0 aliphatic carbocycles. The first kappa shape index (κ1) is 24.6. The van der Waals surface area contributed by atoms with Crippen LogP contribution in [0.5, 0.6) is 0 Å². The van der Waals surface area contributed by atoms with E-state index < -0.39 is 14.8 Å². The molecule has 0 N–H and O–H groups in total. The van der Waals surface area contributed by atoms with Crippen molar-refractivity contribution in [2.24, 2.45) is 0 Å². The highest BCUT2D eigenvalue weighted by Crippen LogP contribution is 2.39. The summed E-state index contributed by atoms with van der Waals surface area (Å²) in [7, 11) is -3.89. The Labute approximate surface area is 212 Å². The number of benzene rings is 2. The second-order valence-corrected chi connectivity index (χ2v) is 11.7. The molecule has 1 aromatic heterocycles. The van der Waals surface area contributed by atoms with Gasteiger partial charge in [0.05, 0.1) is 21.0 Å². The van der Waals surface area contributed by atoms with Gasteiger partial charge in [-0.1, -0.05) is 25.5 Å². The number of sulfone groups is 1. The normalized spacial score (nSPS) is 18.0. The molecule has 2 aromatic carbocycles. The van der Waals surface area contributed by atoms with Gasteiger partial charge in [0.1, 0.15) is 4.90 Å². The number of nitro groups is 1. The van der Waals surface area contributed by atoms with Gasteiger partial charge in [-0.15, -0.1) is 0 Å². The van der Waals surface area contributed by atoms with Crippen LogP contribution in [0.1, 0.15) is 44.6 Å². The zero-order valence-electron chi connectivity index (χ0n) is 20.6. The quantitative estimate of drug-likeness (QED) is 0.342. The number of rotatable bonds is 6. The zero-order valence-corrected chi connectivity index (χ0v) is 21.4. The first-order chi connectivity index (χ1) is 17.4. The summed E-state index contributed by atoms with van der Waals surface area (Å²) in [5.41, 5.74) is 2.06. The number of nitrogens with zero attached hydrogens (tertiary/aromatic N) is 4. The Balaban J connectivity index is 1.58. The Morgan fingerprint density at radius 1 is 1.00 bits per heavy atom. The minimum absolute atomic E-state index is 0.0735. The number of nitro benzene ring substituents is 1. The van der Waals surface area contributed by atoms with Gasteiger partial charge in [-0.3, -0.25) is 15.1 Å². The number of non-ortho nitro benzene ring substituents is 1. The predicted molar refractivity (Wildman–Crippen MR) is 140 cm³/mol. The van der Waals surface area contributed by atoms with Crippen LogP contribution in [0, 0.1) is 10.1 Å². The highest BCUT2D eigenvalue weighted by atomic mass is 32.2. The van der Waals surface area contributed by atoms with Gasteiger partial charge < -0.3 is 9.80 Å². The van der Waals surface area contributed by atoms with Crippen LogP contribution in [0.25, 0.3) is 10.9 Å². The number of piperidine rings is 2. The van der Waals surface area contributed by atoms with Crippen LogP contribution in [-0.2, 0) is 16.3 Å². The molecule has 2 fully saturated rings. The summed E-state index contributed by atoms with van der Waals surface area (Å²) in [6.07, 6.45) is 7.86. The molecule has 9 heteroatoms. The number of fused-ring (bicyclic) bond motifs is 1. The summed E-state index contributed by atoms with van der Waals surface area (Å²) < 4.78 is 27.7. The van der Waals surface area contributed by atoms with E-state index in [-0.39, 0.29) is 15.5 Å². The standard InChI is InChI=1S/C27H32N4O4S/c1-2-20-6-9-23(10-7-20)36(34,35)26-19-28-25-11-8-22(31(32)33)18-24(25)27(26)30-16-12-21(13-17-30)29-14-4-3-5-15-29/h6-11,18-19,21H,2-5,12-17H2,1H3. The molecule has 0 bridgehead atoms. The van der Waals surface area contributed by atoms with Gasteiger partial charge in [0.2, 0.25) is 9.84 Å². The fourth-order valence-corrected chi connectivity index (χ4v) is 6.99. The molecule has 36 heavy (non-hydrogen) atoms. The van der Waals surface area contributed by atoms with Crippen molar-refractivity contribution in [1.82, 2.24) is 9.88 Å². The van der Waals surface area contributed by atoms with Crippen molar-refractivity contribution >= 4 is 32.1 Å². The number of aromatic nitrogens is 1. The van der Waals surface area contributed by atoms with Crippen molar-refractivity contribution < 1.29 is 13.3 Å². The molecule has 0 saturated carbocycles. The summed E-state index contributed by atoms with van der Waals surface area (Å²) in [6, 6.07) is 11.9. The molecule has 0 spiro atoms. The van der Waals surface area contributed by atoms with Gasteiger partial charge in [-0.2, -0.15) is 0 Å². The fraction of sp³-hybridized carbons (Fsp3) is 0.444. The van der Waals surface area contributed by atoms with Crippen LogP contribution >= 0.6 is 0 Å². The maximum absolute atomic E-state index is 13.9. The maximum Gasteiger partial charge on any atom is 0.270 e. The maximum atomic E-state index is 13.9. The smallest absolute Gasteiger partial charge is 0.270 e. The van der Waals surface area contributed by atoms with Crippen LogP contribution < -0.4 is 4.90 Å². The minimum Gasteiger partial charge on any atom is -0.370 e. The second kappa shape index (κ2) is 10.1. The summed E-state index contributed by atoms with van der Waals surface area (Å²) in [5, 5.41) is 12.1. The Kier molecular flexibility index (Phi) is 6.94. The lowest BCUT2D eigenvalue weighted by molar-refractivity contribution is -0.384. The van der Waals surface area contributed by atoms with E-state index in [0.717, 1.165) is 37.9 Å². The molecule has 0 atom stereocenters. The zero-order chi connectivity index (χ0) is 25.3.